The Morgan fingerprint density at radius 1 is 0.303 bits per heavy atom. The molecule has 0 bridgehead atoms. The number of allylic oxidation sites excluding steroid dienone is 14. The molecule has 0 aromatic heterocycles. The van der Waals surface area contributed by atoms with E-state index >= 15 is 0 Å². The first-order chi connectivity index (χ1) is 32.5. The first kappa shape index (κ1) is 62.6. The first-order valence-corrected chi connectivity index (χ1v) is 27.7. The van der Waals surface area contributed by atoms with Crippen molar-refractivity contribution >= 4 is 17.9 Å². The van der Waals surface area contributed by atoms with Crippen LogP contribution in [-0.4, -0.2) is 37.2 Å². The maximum atomic E-state index is 12.8. The van der Waals surface area contributed by atoms with Crippen LogP contribution in [0.15, 0.2) is 85.1 Å². The molecule has 1 unspecified atom stereocenters. The van der Waals surface area contributed by atoms with Gasteiger partial charge in [-0.2, -0.15) is 0 Å². The van der Waals surface area contributed by atoms with Crippen LogP contribution >= 0.6 is 0 Å². The van der Waals surface area contributed by atoms with Crippen molar-refractivity contribution in [1.29, 1.82) is 0 Å². The van der Waals surface area contributed by atoms with Gasteiger partial charge in [0.25, 0.3) is 0 Å². The zero-order valence-corrected chi connectivity index (χ0v) is 43.2. The predicted octanol–water partition coefficient (Wildman–Crippen LogP) is 18.4. The molecule has 378 valence electrons. The molecule has 0 aliphatic rings. The van der Waals surface area contributed by atoms with Crippen molar-refractivity contribution in [2.24, 2.45) is 0 Å². The molecule has 0 saturated carbocycles. The Morgan fingerprint density at radius 3 is 0.970 bits per heavy atom. The normalized spacial score (nSPS) is 12.7. The van der Waals surface area contributed by atoms with Crippen molar-refractivity contribution in [2.45, 2.75) is 264 Å². The summed E-state index contributed by atoms with van der Waals surface area (Å²) in [5.74, 6) is -0.941. The van der Waals surface area contributed by atoms with Crippen molar-refractivity contribution in [3.8, 4) is 0 Å². The minimum absolute atomic E-state index is 0.0963. The fraction of sp³-hybridized carbons (Fsp3) is 0.717. The Balaban J connectivity index is 4.47. The molecule has 0 saturated heterocycles. The van der Waals surface area contributed by atoms with Gasteiger partial charge in [-0.05, 0) is 89.9 Å². The third-order valence-electron chi connectivity index (χ3n) is 11.7. The molecule has 0 heterocycles. The summed E-state index contributed by atoms with van der Waals surface area (Å²) in [7, 11) is 0. The van der Waals surface area contributed by atoms with E-state index in [1.165, 1.54) is 109 Å². The van der Waals surface area contributed by atoms with Crippen molar-refractivity contribution in [1.82, 2.24) is 0 Å². The second-order valence-electron chi connectivity index (χ2n) is 18.3. The minimum Gasteiger partial charge on any atom is -0.462 e. The smallest absolute Gasteiger partial charge is 0.306 e. The highest BCUT2D eigenvalue weighted by atomic mass is 16.6. The maximum absolute atomic E-state index is 12.8. The molecule has 1 atom stereocenters. The van der Waals surface area contributed by atoms with Gasteiger partial charge in [-0.1, -0.05) is 234 Å². The fourth-order valence-corrected chi connectivity index (χ4v) is 7.52. The van der Waals surface area contributed by atoms with Gasteiger partial charge in [0.1, 0.15) is 13.2 Å². The Morgan fingerprint density at radius 2 is 0.591 bits per heavy atom. The van der Waals surface area contributed by atoms with Crippen LogP contribution in [-0.2, 0) is 28.6 Å². The molecular formula is C60H102O6. The van der Waals surface area contributed by atoms with Crippen molar-refractivity contribution in [2.75, 3.05) is 13.2 Å². The van der Waals surface area contributed by atoms with E-state index < -0.39 is 6.10 Å². The summed E-state index contributed by atoms with van der Waals surface area (Å²) in [6.45, 7) is 6.51. The molecule has 0 rings (SSSR count). The highest BCUT2D eigenvalue weighted by Crippen LogP contribution is 2.14. The molecule has 0 N–H and O–H groups in total. The van der Waals surface area contributed by atoms with Crippen LogP contribution in [0.5, 0.6) is 0 Å². The second-order valence-corrected chi connectivity index (χ2v) is 18.3. The van der Waals surface area contributed by atoms with Gasteiger partial charge in [0, 0.05) is 19.3 Å². The van der Waals surface area contributed by atoms with Gasteiger partial charge in [0.2, 0.25) is 0 Å². The molecule has 0 aliphatic carbocycles. The van der Waals surface area contributed by atoms with E-state index in [-0.39, 0.29) is 31.1 Å². The van der Waals surface area contributed by atoms with Gasteiger partial charge < -0.3 is 14.2 Å². The largest absolute Gasteiger partial charge is 0.462 e. The van der Waals surface area contributed by atoms with Gasteiger partial charge in [0.05, 0.1) is 0 Å². The summed E-state index contributed by atoms with van der Waals surface area (Å²) < 4.78 is 16.8. The summed E-state index contributed by atoms with van der Waals surface area (Å²) in [6, 6.07) is 0. The van der Waals surface area contributed by atoms with E-state index in [4.69, 9.17) is 14.2 Å². The second kappa shape index (κ2) is 54.2. The van der Waals surface area contributed by atoms with Gasteiger partial charge in [-0.3, -0.25) is 14.4 Å². The van der Waals surface area contributed by atoms with Crippen LogP contribution in [0, 0.1) is 0 Å². The lowest BCUT2D eigenvalue weighted by Crippen LogP contribution is -2.30. The first-order valence-electron chi connectivity index (χ1n) is 27.7. The van der Waals surface area contributed by atoms with Crippen LogP contribution < -0.4 is 0 Å². The Bertz CT molecular complexity index is 1290. The lowest BCUT2D eigenvalue weighted by atomic mass is 10.1. The molecule has 6 nitrogen and oxygen atoms in total. The summed E-state index contributed by atoms with van der Waals surface area (Å²) in [6.07, 6.45) is 69.9. The molecule has 6 heteroatoms. The molecule has 0 aromatic rings. The minimum atomic E-state index is -0.798. The number of unbranched alkanes of at least 4 members (excludes halogenated alkanes) is 28. The molecule has 0 fully saturated rings. The fourth-order valence-electron chi connectivity index (χ4n) is 7.52. The van der Waals surface area contributed by atoms with Crippen LogP contribution in [0.4, 0.5) is 0 Å². The standard InChI is InChI=1S/C60H102O6/c1-4-7-10-13-16-19-22-25-28-30-31-33-35-38-41-44-47-50-53-59(62)65-56-57(55-64-58(61)52-49-46-43-40-37-34-27-24-21-18-15-12-9-6-3)66-60(63)54-51-48-45-42-39-36-32-29-26-23-20-17-14-11-8-5-2/h10,13,16,19,22,25,28-34,37,57H,4-9,11-12,14-15,17-18,20-21,23-24,26-27,35-36,38-56H2,1-3H3/b13-10-,19-16-,25-22-,30-28-,32-29-,33-31-,37-34-. The van der Waals surface area contributed by atoms with Crippen LogP contribution in [0.2, 0.25) is 0 Å². The highest BCUT2D eigenvalue weighted by Gasteiger charge is 2.19. The van der Waals surface area contributed by atoms with Crippen LogP contribution in [0.3, 0.4) is 0 Å². The number of hydrogen-bond donors (Lipinski definition) is 0. The molecule has 0 aromatic carbocycles. The number of rotatable bonds is 49. The molecule has 0 spiro atoms. The highest BCUT2D eigenvalue weighted by molar-refractivity contribution is 5.71. The number of ether oxygens (including phenoxy) is 3. The van der Waals surface area contributed by atoms with E-state index in [2.05, 4.69) is 81.5 Å². The lowest BCUT2D eigenvalue weighted by Gasteiger charge is -2.18. The maximum Gasteiger partial charge on any atom is 0.306 e. The van der Waals surface area contributed by atoms with Gasteiger partial charge in [-0.15, -0.1) is 0 Å². The topological polar surface area (TPSA) is 78.9 Å². The Labute approximate surface area is 407 Å². The average Bonchev–Trinajstić information content (AvgIpc) is 3.31. The van der Waals surface area contributed by atoms with Crippen LogP contribution in [0.25, 0.3) is 0 Å². The molecule has 0 amide bonds. The zero-order valence-electron chi connectivity index (χ0n) is 43.2. The summed E-state index contributed by atoms with van der Waals surface area (Å²) in [5, 5.41) is 0. The summed E-state index contributed by atoms with van der Waals surface area (Å²) >= 11 is 0. The molecule has 66 heavy (non-hydrogen) atoms. The van der Waals surface area contributed by atoms with E-state index in [0.717, 1.165) is 109 Å². The molecule has 0 aliphatic heterocycles. The summed E-state index contributed by atoms with van der Waals surface area (Å²) in [5.41, 5.74) is 0. The van der Waals surface area contributed by atoms with Crippen molar-refractivity contribution in [3.63, 3.8) is 0 Å². The Kier molecular flexibility index (Phi) is 51.4. The number of carbonyl (C=O) groups is 3. The summed E-state index contributed by atoms with van der Waals surface area (Å²) in [4.78, 5) is 38.1. The lowest BCUT2D eigenvalue weighted by molar-refractivity contribution is -0.167. The van der Waals surface area contributed by atoms with Crippen molar-refractivity contribution in [3.05, 3.63) is 85.1 Å². The zero-order chi connectivity index (χ0) is 47.9. The quantitative estimate of drug-likeness (QED) is 0.0199. The van der Waals surface area contributed by atoms with E-state index in [1.54, 1.807) is 0 Å². The molecule has 0 radical (unpaired) electrons. The molecular weight excluding hydrogens is 817 g/mol. The monoisotopic (exact) mass is 919 g/mol. The third-order valence-corrected chi connectivity index (χ3v) is 11.7. The van der Waals surface area contributed by atoms with Gasteiger partial charge in [0.15, 0.2) is 6.10 Å². The van der Waals surface area contributed by atoms with Crippen LogP contribution in [0.1, 0.15) is 258 Å². The van der Waals surface area contributed by atoms with Gasteiger partial charge in [-0.25, -0.2) is 0 Å². The third kappa shape index (κ3) is 51.6. The van der Waals surface area contributed by atoms with E-state index in [9.17, 15) is 14.4 Å². The van der Waals surface area contributed by atoms with Crippen molar-refractivity contribution < 1.29 is 28.6 Å². The van der Waals surface area contributed by atoms with Gasteiger partial charge >= 0.3 is 17.9 Å². The predicted molar refractivity (Wildman–Crippen MR) is 284 cm³/mol. The number of carbonyl (C=O) groups excluding carboxylic acids is 3. The SMILES string of the molecule is CCC\C=C/C=C\C=C/C=C\C=C/CCCCCCCC(=O)OCC(COC(=O)CCCCC/C=C\CCCCCCCCC)OC(=O)CCCCCCC/C=C\CCCCCCCCC. The Hall–Kier alpha value is -3.41. The van der Waals surface area contributed by atoms with E-state index in [1.807, 2.05) is 24.3 Å². The average molecular weight is 919 g/mol. The number of hydrogen-bond acceptors (Lipinski definition) is 6. The number of esters is 3. The van der Waals surface area contributed by atoms with E-state index in [0.29, 0.717) is 19.3 Å².